The van der Waals surface area contributed by atoms with Crippen LogP contribution in [0.5, 0.6) is 0 Å². The molecule has 4 unspecified atom stereocenters. The second-order valence-corrected chi connectivity index (χ2v) is 8.13. The second kappa shape index (κ2) is 13.4. The van der Waals surface area contributed by atoms with Gasteiger partial charge in [0.1, 0.15) is 18.1 Å². The van der Waals surface area contributed by atoms with E-state index in [0.29, 0.717) is 5.69 Å². The summed E-state index contributed by atoms with van der Waals surface area (Å²) in [5.41, 5.74) is 11.4. The predicted molar refractivity (Wildman–Crippen MR) is 121 cm³/mol. The molecule has 0 saturated heterocycles. The molecule has 4 amide bonds. The number of nitrogens with one attached hydrogen (secondary N) is 4. The average molecular weight is 486 g/mol. The van der Waals surface area contributed by atoms with Crippen molar-refractivity contribution in [2.24, 2.45) is 17.4 Å². The van der Waals surface area contributed by atoms with Crippen LogP contribution < -0.4 is 27.4 Å². The highest BCUT2D eigenvalue weighted by atomic mass is 32.1. The minimum absolute atomic E-state index is 0.00308. The molecular formula is C19H31N7O6S. The van der Waals surface area contributed by atoms with Gasteiger partial charge in [0.25, 0.3) is 0 Å². The molecule has 0 aliphatic heterocycles. The summed E-state index contributed by atoms with van der Waals surface area (Å²) in [4.78, 5) is 66.9. The first-order chi connectivity index (χ1) is 15.5. The minimum Gasteiger partial charge on any atom is -0.480 e. The normalized spacial score (nSPS) is 14.6. The van der Waals surface area contributed by atoms with Crippen molar-refractivity contribution in [1.29, 1.82) is 0 Å². The van der Waals surface area contributed by atoms with Gasteiger partial charge >= 0.3 is 5.97 Å². The summed E-state index contributed by atoms with van der Waals surface area (Å²) in [5, 5.41) is 16.5. The molecule has 0 spiro atoms. The molecule has 1 aromatic heterocycles. The van der Waals surface area contributed by atoms with E-state index in [0.717, 1.165) is 0 Å². The van der Waals surface area contributed by atoms with Gasteiger partial charge in [-0.2, -0.15) is 12.6 Å². The molecule has 1 rings (SSSR count). The van der Waals surface area contributed by atoms with Crippen LogP contribution in [-0.4, -0.2) is 74.6 Å². The van der Waals surface area contributed by atoms with Gasteiger partial charge in [-0.1, -0.05) is 13.8 Å². The number of thiol groups is 1. The molecule has 9 N–H and O–H groups in total. The summed E-state index contributed by atoms with van der Waals surface area (Å²) in [5.74, 6) is -4.48. The van der Waals surface area contributed by atoms with Gasteiger partial charge in [-0.15, -0.1) is 0 Å². The van der Waals surface area contributed by atoms with E-state index in [9.17, 15) is 24.0 Å². The Morgan fingerprint density at radius 1 is 1.09 bits per heavy atom. The number of primary amides is 1. The maximum Gasteiger partial charge on any atom is 0.327 e. The largest absolute Gasteiger partial charge is 0.480 e. The monoisotopic (exact) mass is 485 g/mol. The van der Waals surface area contributed by atoms with Crippen LogP contribution in [-0.2, 0) is 30.4 Å². The number of carboxylic acids is 1. The Kier molecular flexibility index (Phi) is 11.4. The van der Waals surface area contributed by atoms with Crippen LogP contribution >= 0.6 is 12.6 Å². The number of H-pyrrole nitrogens is 1. The van der Waals surface area contributed by atoms with Crippen LogP contribution in [0, 0.1) is 5.92 Å². The van der Waals surface area contributed by atoms with Crippen molar-refractivity contribution in [1.82, 2.24) is 25.9 Å². The lowest BCUT2D eigenvalue weighted by Gasteiger charge is -2.26. The van der Waals surface area contributed by atoms with Gasteiger partial charge in [-0.3, -0.25) is 19.2 Å². The molecule has 1 heterocycles. The second-order valence-electron chi connectivity index (χ2n) is 7.77. The Morgan fingerprint density at radius 2 is 1.73 bits per heavy atom. The van der Waals surface area contributed by atoms with E-state index in [2.05, 4.69) is 38.5 Å². The highest BCUT2D eigenvalue weighted by Gasteiger charge is 2.32. The molecule has 0 bridgehead atoms. The van der Waals surface area contributed by atoms with Crippen molar-refractivity contribution in [3.05, 3.63) is 18.2 Å². The number of carbonyl (C=O) groups is 5. The van der Waals surface area contributed by atoms with Gasteiger partial charge in [-0.05, 0) is 12.3 Å². The van der Waals surface area contributed by atoms with Crippen LogP contribution in [0.1, 0.15) is 32.4 Å². The zero-order chi connectivity index (χ0) is 25.1. The summed E-state index contributed by atoms with van der Waals surface area (Å²) in [6, 6.07) is -4.52. The van der Waals surface area contributed by atoms with Crippen LogP contribution in [0.2, 0.25) is 0 Å². The van der Waals surface area contributed by atoms with Gasteiger partial charge in [0.2, 0.25) is 23.6 Å². The fourth-order valence-corrected chi connectivity index (χ4v) is 3.02. The van der Waals surface area contributed by atoms with Gasteiger partial charge in [-0.25, -0.2) is 9.78 Å². The maximum absolute atomic E-state index is 13.0. The number of nitrogens with two attached hydrogens (primary N) is 2. The summed E-state index contributed by atoms with van der Waals surface area (Å²) >= 11 is 3.91. The van der Waals surface area contributed by atoms with Gasteiger partial charge in [0, 0.05) is 30.5 Å². The summed E-state index contributed by atoms with van der Waals surface area (Å²) in [7, 11) is 0. The molecule has 0 fully saturated rings. The number of aromatic nitrogens is 2. The highest BCUT2D eigenvalue weighted by molar-refractivity contribution is 7.80. The molecule has 0 radical (unpaired) electrons. The van der Waals surface area contributed by atoms with Crippen LogP contribution in [0.25, 0.3) is 0 Å². The molecule has 13 nitrogen and oxygen atoms in total. The van der Waals surface area contributed by atoms with Gasteiger partial charge in [0.05, 0.1) is 12.4 Å². The van der Waals surface area contributed by atoms with Gasteiger partial charge < -0.3 is 37.5 Å². The topological polar surface area (TPSA) is 222 Å². The van der Waals surface area contributed by atoms with Crippen LogP contribution in [0.15, 0.2) is 12.5 Å². The third kappa shape index (κ3) is 9.49. The number of carbonyl (C=O) groups excluding carboxylic acids is 4. The molecule has 1 aromatic rings. The smallest absolute Gasteiger partial charge is 0.327 e. The number of rotatable bonds is 14. The van der Waals surface area contributed by atoms with Crippen molar-refractivity contribution in [3.8, 4) is 0 Å². The third-order valence-corrected chi connectivity index (χ3v) is 5.06. The van der Waals surface area contributed by atoms with Crippen molar-refractivity contribution in [2.45, 2.75) is 57.3 Å². The predicted octanol–water partition coefficient (Wildman–Crippen LogP) is -2.33. The fourth-order valence-electron chi connectivity index (χ4n) is 2.77. The van der Waals surface area contributed by atoms with Crippen molar-refractivity contribution < 1.29 is 29.1 Å². The molecule has 14 heteroatoms. The van der Waals surface area contributed by atoms with E-state index in [1.54, 1.807) is 13.8 Å². The SMILES string of the molecule is CC(C)C(NC(=O)C(Cc1cnc[nH]1)NC(=O)C(N)CCC(N)=O)C(=O)NC(CS)C(=O)O. The quantitative estimate of drug-likeness (QED) is 0.133. The number of hydrogen-bond acceptors (Lipinski definition) is 8. The third-order valence-electron chi connectivity index (χ3n) is 4.69. The van der Waals surface area contributed by atoms with Crippen LogP contribution in [0.3, 0.4) is 0 Å². The number of imidazole rings is 1. The molecule has 33 heavy (non-hydrogen) atoms. The zero-order valence-electron chi connectivity index (χ0n) is 18.4. The molecule has 4 atom stereocenters. The number of aliphatic carboxylic acids is 1. The number of nitrogens with zero attached hydrogens (tertiary/aromatic N) is 1. The van der Waals surface area contributed by atoms with Crippen molar-refractivity contribution in [2.75, 3.05) is 5.75 Å². The van der Waals surface area contributed by atoms with Crippen molar-refractivity contribution in [3.63, 3.8) is 0 Å². The highest BCUT2D eigenvalue weighted by Crippen LogP contribution is 2.07. The van der Waals surface area contributed by atoms with Crippen LogP contribution in [0.4, 0.5) is 0 Å². The lowest BCUT2D eigenvalue weighted by molar-refractivity contribution is -0.142. The van der Waals surface area contributed by atoms with E-state index in [4.69, 9.17) is 16.6 Å². The van der Waals surface area contributed by atoms with E-state index in [1.807, 2.05) is 0 Å². The number of aromatic amines is 1. The molecule has 0 aromatic carbocycles. The van der Waals surface area contributed by atoms with Gasteiger partial charge in [0.15, 0.2) is 0 Å². The molecule has 0 aliphatic carbocycles. The Hall–Kier alpha value is -3.13. The number of hydrogen-bond donors (Lipinski definition) is 8. The molecule has 0 saturated carbocycles. The summed E-state index contributed by atoms with van der Waals surface area (Å²) in [6.45, 7) is 3.34. The minimum atomic E-state index is -1.26. The lowest BCUT2D eigenvalue weighted by Crippen LogP contribution is -2.59. The van der Waals surface area contributed by atoms with E-state index < -0.39 is 59.7 Å². The van der Waals surface area contributed by atoms with Crippen molar-refractivity contribution >= 4 is 42.2 Å². The Balaban J connectivity index is 2.97. The number of carboxylic acid groups (broad SMARTS) is 1. The molecule has 0 aliphatic rings. The first-order valence-corrected chi connectivity index (χ1v) is 10.8. The Labute approximate surface area is 196 Å². The average Bonchev–Trinajstić information content (AvgIpc) is 3.25. The standard InChI is InChI=1S/C19H31N7O6S/c1-9(2)15(18(30)25-13(7-33)19(31)32)26-17(29)12(5-10-6-22-8-23-10)24-16(28)11(20)3-4-14(21)27/h6,8-9,11-13,15,33H,3-5,7,20H2,1-2H3,(H2,21,27)(H,22,23)(H,24,28)(H,25,30)(H,26,29)(H,31,32). The van der Waals surface area contributed by atoms with E-state index >= 15 is 0 Å². The summed E-state index contributed by atoms with van der Waals surface area (Å²) < 4.78 is 0. The molecule has 184 valence electrons. The number of amides is 4. The molecular weight excluding hydrogens is 454 g/mol. The zero-order valence-corrected chi connectivity index (χ0v) is 19.3. The Bertz CT molecular complexity index is 833. The first kappa shape index (κ1) is 27.9. The summed E-state index contributed by atoms with van der Waals surface area (Å²) in [6.07, 6.45) is 2.78. The lowest BCUT2D eigenvalue weighted by atomic mass is 10.0. The van der Waals surface area contributed by atoms with E-state index in [-0.39, 0.29) is 25.0 Å². The van der Waals surface area contributed by atoms with E-state index in [1.165, 1.54) is 12.5 Å². The fraction of sp³-hybridized carbons (Fsp3) is 0.579. The first-order valence-electron chi connectivity index (χ1n) is 10.2. The Morgan fingerprint density at radius 3 is 2.21 bits per heavy atom. The maximum atomic E-state index is 13.0.